The topological polar surface area (TPSA) is 138 Å². The highest BCUT2D eigenvalue weighted by Gasteiger charge is 2.67. The standard InChI is InChI=1S/C24H33NO8/c1-13(2)16-10-15-21(23(30)25(22(15)29)9-5-3-4-6-20(27)28)17-11-19(33-24(16,17)31)18-8-7-14(12-26)32-18/h7-8,13,15-17,19,21,26,31H,3-6,9-12H2,1-2H3,(H,27,28)/t15-,16+,17-,19-,21-,24+/m0/s1. The summed E-state index contributed by atoms with van der Waals surface area (Å²) in [5.74, 6) is -3.91. The van der Waals surface area contributed by atoms with Crippen LogP contribution in [0.25, 0.3) is 0 Å². The molecule has 1 aromatic heterocycles. The lowest BCUT2D eigenvalue weighted by Gasteiger charge is -2.46. The Morgan fingerprint density at radius 3 is 2.58 bits per heavy atom. The van der Waals surface area contributed by atoms with Gasteiger partial charge in [-0.2, -0.15) is 0 Å². The SMILES string of the molecule is CC(C)[C@H]1C[C@@H]2C(=O)N(CCCCCC(=O)O)C(=O)[C@@H]2[C@@H]2C[C@@H](c3ccc(CO)o3)O[C@]12O. The molecule has 182 valence electrons. The van der Waals surface area contributed by atoms with Crippen LogP contribution in [-0.2, 0) is 25.7 Å². The molecule has 0 unspecified atom stereocenters. The van der Waals surface area contributed by atoms with Gasteiger partial charge in [0, 0.05) is 24.8 Å². The van der Waals surface area contributed by atoms with E-state index < -0.39 is 35.6 Å². The van der Waals surface area contributed by atoms with Crippen LogP contribution in [0.2, 0.25) is 0 Å². The molecule has 9 nitrogen and oxygen atoms in total. The minimum Gasteiger partial charge on any atom is -0.481 e. The van der Waals surface area contributed by atoms with Crippen LogP contribution in [-0.4, -0.2) is 50.3 Å². The molecule has 9 heteroatoms. The molecule has 2 saturated heterocycles. The number of carbonyl (C=O) groups excluding carboxylic acids is 2. The molecule has 0 bridgehead atoms. The fourth-order valence-corrected chi connectivity index (χ4v) is 6.01. The van der Waals surface area contributed by atoms with Crippen molar-refractivity contribution >= 4 is 17.8 Å². The second-order valence-corrected chi connectivity index (χ2v) is 9.91. The summed E-state index contributed by atoms with van der Waals surface area (Å²) < 4.78 is 11.8. The van der Waals surface area contributed by atoms with E-state index in [1.165, 1.54) is 4.90 Å². The number of furan rings is 1. The number of unbranched alkanes of at least 4 members (excludes halogenated alkanes) is 2. The molecular weight excluding hydrogens is 430 g/mol. The zero-order valence-corrected chi connectivity index (χ0v) is 19.1. The molecule has 0 spiro atoms. The summed E-state index contributed by atoms with van der Waals surface area (Å²) >= 11 is 0. The van der Waals surface area contributed by atoms with Crippen LogP contribution < -0.4 is 0 Å². The van der Waals surface area contributed by atoms with Crippen molar-refractivity contribution in [1.82, 2.24) is 4.90 Å². The Morgan fingerprint density at radius 1 is 1.18 bits per heavy atom. The Kier molecular flexibility index (Phi) is 6.66. The number of hydrogen-bond donors (Lipinski definition) is 3. The van der Waals surface area contributed by atoms with E-state index in [4.69, 9.17) is 14.3 Å². The van der Waals surface area contributed by atoms with Crippen molar-refractivity contribution < 1.29 is 38.9 Å². The van der Waals surface area contributed by atoms with Gasteiger partial charge in [0.05, 0.1) is 11.8 Å². The first-order chi connectivity index (χ1) is 15.7. The molecule has 0 radical (unpaired) electrons. The maximum Gasteiger partial charge on any atom is 0.303 e. The number of carbonyl (C=O) groups is 3. The third-order valence-electron chi connectivity index (χ3n) is 7.60. The van der Waals surface area contributed by atoms with Crippen molar-refractivity contribution in [3.05, 3.63) is 23.7 Å². The van der Waals surface area contributed by atoms with Crippen LogP contribution >= 0.6 is 0 Å². The Morgan fingerprint density at radius 2 is 1.94 bits per heavy atom. The number of nitrogens with zero attached hydrogens (tertiary/aromatic N) is 1. The molecule has 2 amide bonds. The first-order valence-corrected chi connectivity index (χ1v) is 11.8. The molecule has 4 rings (SSSR count). The number of likely N-dealkylation sites (tertiary alicyclic amines) is 1. The van der Waals surface area contributed by atoms with E-state index in [-0.39, 0.29) is 43.2 Å². The van der Waals surface area contributed by atoms with Crippen molar-refractivity contribution in [2.45, 2.75) is 70.9 Å². The van der Waals surface area contributed by atoms with E-state index in [1.807, 2.05) is 13.8 Å². The number of hydrogen-bond acceptors (Lipinski definition) is 7. The largest absolute Gasteiger partial charge is 0.481 e. The van der Waals surface area contributed by atoms with E-state index >= 15 is 0 Å². The van der Waals surface area contributed by atoms with E-state index in [0.29, 0.717) is 43.6 Å². The third kappa shape index (κ3) is 4.22. The van der Waals surface area contributed by atoms with E-state index in [0.717, 1.165) is 0 Å². The van der Waals surface area contributed by atoms with Gasteiger partial charge >= 0.3 is 5.97 Å². The predicted molar refractivity (Wildman–Crippen MR) is 114 cm³/mol. The van der Waals surface area contributed by atoms with Gasteiger partial charge in [-0.15, -0.1) is 0 Å². The summed E-state index contributed by atoms with van der Waals surface area (Å²) in [5.41, 5.74) is 0. The molecule has 6 atom stereocenters. The van der Waals surface area contributed by atoms with Crippen LogP contribution in [0.15, 0.2) is 16.5 Å². The fraction of sp³-hybridized carbons (Fsp3) is 0.708. The van der Waals surface area contributed by atoms with Gasteiger partial charge in [0.1, 0.15) is 24.2 Å². The van der Waals surface area contributed by atoms with Crippen molar-refractivity contribution in [1.29, 1.82) is 0 Å². The summed E-state index contributed by atoms with van der Waals surface area (Å²) in [6.07, 6.45) is 1.92. The number of amides is 2. The monoisotopic (exact) mass is 463 g/mol. The molecule has 3 aliphatic rings. The van der Waals surface area contributed by atoms with Gasteiger partial charge < -0.3 is 24.5 Å². The Hall–Kier alpha value is -2.23. The van der Waals surface area contributed by atoms with Gasteiger partial charge in [0.15, 0.2) is 5.79 Å². The number of fused-ring (bicyclic) bond motifs is 3. The minimum absolute atomic E-state index is 0.0368. The van der Waals surface area contributed by atoms with E-state index in [1.54, 1.807) is 12.1 Å². The van der Waals surface area contributed by atoms with Crippen molar-refractivity contribution in [2.75, 3.05) is 6.54 Å². The number of imide groups is 1. The molecule has 33 heavy (non-hydrogen) atoms. The summed E-state index contributed by atoms with van der Waals surface area (Å²) in [5, 5.41) is 29.8. The second kappa shape index (κ2) is 9.19. The zero-order valence-electron chi connectivity index (χ0n) is 19.1. The number of carboxylic acids is 1. The quantitative estimate of drug-likeness (QED) is 0.375. The molecule has 3 fully saturated rings. The second-order valence-electron chi connectivity index (χ2n) is 9.91. The van der Waals surface area contributed by atoms with Crippen molar-refractivity contribution in [3.63, 3.8) is 0 Å². The molecule has 1 saturated carbocycles. The average molecular weight is 464 g/mol. The average Bonchev–Trinajstić information content (AvgIpc) is 3.43. The molecule has 0 aromatic carbocycles. The lowest BCUT2D eigenvalue weighted by molar-refractivity contribution is -0.277. The van der Waals surface area contributed by atoms with Gasteiger partial charge in [0.25, 0.3) is 0 Å². The number of rotatable bonds is 9. The Labute approximate surface area is 192 Å². The summed E-state index contributed by atoms with van der Waals surface area (Å²) in [6.45, 7) is 3.99. The number of aliphatic hydroxyl groups excluding tert-OH is 1. The van der Waals surface area contributed by atoms with Gasteiger partial charge in [-0.3, -0.25) is 19.3 Å². The minimum atomic E-state index is -1.54. The molecule has 3 N–H and O–H groups in total. The molecule has 2 aliphatic heterocycles. The summed E-state index contributed by atoms with van der Waals surface area (Å²) in [7, 11) is 0. The highest BCUT2D eigenvalue weighted by molar-refractivity contribution is 6.05. The first kappa shape index (κ1) is 23.9. The van der Waals surface area contributed by atoms with E-state index in [2.05, 4.69) is 0 Å². The zero-order chi connectivity index (χ0) is 23.9. The van der Waals surface area contributed by atoms with Gasteiger partial charge in [-0.05, 0) is 43.7 Å². The maximum atomic E-state index is 13.4. The highest BCUT2D eigenvalue weighted by Crippen LogP contribution is 2.59. The molecule has 1 aromatic rings. The number of aliphatic carboxylic acids is 1. The lowest BCUT2D eigenvalue weighted by Crippen LogP contribution is -2.55. The smallest absolute Gasteiger partial charge is 0.303 e. The van der Waals surface area contributed by atoms with Crippen molar-refractivity contribution in [2.24, 2.45) is 29.6 Å². The molecule has 1 aliphatic carbocycles. The number of carboxylic acid groups (broad SMARTS) is 1. The number of aliphatic hydroxyl groups is 2. The maximum absolute atomic E-state index is 13.4. The van der Waals surface area contributed by atoms with Crippen LogP contribution in [0.1, 0.15) is 70.0 Å². The van der Waals surface area contributed by atoms with Gasteiger partial charge in [-0.1, -0.05) is 20.3 Å². The highest BCUT2D eigenvalue weighted by atomic mass is 16.6. The van der Waals surface area contributed by atoms with Crippen molar-refractivity contribution in [3.8, 4) is 0 Å². The predicted octanol–water partition coefficient (Wildman–Crippen LogP) is 2.46. The Balaban J connectivity index is 1.54. The first-order valence-electron chi connectivity index (χ1n) is 11.8. The van der Waals surface area contributed by atoms with Crippen LogP contribution in [0, 0.1) is 29.6 Å². The normalized spacial score (nSPS) is 33.6. The Bertz CT molecular complexity index is 910. The van der Waals surface area contributed by atoms with Gasteiger partial charge in [-0.25, -0.2) is 0 Å². The summed E-state index contributed by atoms with van der Waals surface area (Å²) in [6, 6.07) is 3.37. The lowest BCUT2D eigenvalue weighted by atomic mass is 9.62. The van der Waals surface area contributed by atoms with Crippen LogP contribution in [0.4, 0.5) is 0 Å². The van der Waals surface area contributed by atoms with Crippen LogP contribution in [0.5, 0.6) is 0 Å². The van der Waals surface area contributed by atoms with Crippen LogP contribution in [0.3, 0.4) is 0 Å². The molecule has 3 heterocycles. The third-order valence-corrected chi connectivity index (χ3v) is 7.60. The molecular formula is C24H33NO8. The van der Waals surface area contributed by atoms with Gasteiger partial charge in [0.2, 0.25) is 11.8 Å². The summed E-state index contributed by atoms with van der Waals surface area (Å²) in [4.78, 5) is 38.6. The fourth-order valence-electron chi connectivity index (χ4n) is 6.01. The van der Waals surface area contributed by atoms with E-state index in [9.17, 15) is 24.6 Å². The number of ether oxygens (including phenoxy) is 1.